The monoisotopic (exact) mass is 305 g/mol. The van der Waals surface area contributed by atoms with E-state index >= 15 is 0 Å². The van der Waals surface area contributed by atoms with Crippen LogP contribution in [0.5, 0.6) is 0 Å². The highest BCUT2D eigenvalue weighted by Gasteiger charge is 2.52. The summed E-state index contributed by atoms with van der Waals surface area (Å²) in [5.74, 6) is 0. The Balaban J connectivity index is 1.67. The maximum Gasteiger partial charge on any atom is 0.410 e. The van der Waals surface area contributed by atoms with Crippen LogP contribution in [-0.2, 0) is 11.3 Å². The zero-order valence-corrected chi connectivity index (χ0v) is 14.1. The van der Waals surface area contributed by atoms with Gasteiger partial charge in [0.15, 0.2) is 0 Å². The van der Waals surface area contributed by atoms with E-state index in [2.05, 4.69) is 35.3 Å². The largest absolute Gasteiger partial charge is 0.444 e. The first kappa shape index (κ1) is 15.4. The molecule has 122 valence electrons. The van der Waals surface area contributed by atoms with Gasteiger partial charge < -0.3 is 19.5 Å². The second kappa shape index (κ2) is 5.30. The predicted octanol–water partition coefficient (Wildman–Crippen LogP) is 2.78. The van der Waals surface area contributed by atoms with Crippen molar-refractivity contribution in [3.8, 4) is 0 Å². The minimum Gasteiger partial charge on any atom is -0.444 e. The lowest BCUT2D eigenvalue weighted by Gasteiger charge is -2.48. The van der Waals surface area contributed by atoms with Crippen molar-refractivity contribution in [3.63, 3.8) is 0 Å². The zero-order chi connectivity index (χ0) is 16.0. The first-order valence-electron chi connectivity index (χ1n) is 8.20. The molecule has 1 N–H and O–H groups in total. The Morgan fingerprint density at radius 1 is 1.50 bits per heavy atom. The number of nitrogens with zero attached hydrogens (tertiary/aromatic N) is 2. The van der Waals surface area contributed by atoms with Crippen LogP contribution < -0.4 is 5.32 Å². The fourth-order valence-electron chi connectivity index (χ4n) is 3.55. The van der Waals surface area contributed by atoms with E-state index in [1.807, 2.05) is 25.7 Å². The summed E-state index contributed by atoms with van der Waals surface area (Å²) >= 11 is 0. The Morgan fingerprint density at radius 3 is 2.82 bits per heavy atom. The SMILES string of the molecule is CCn1ccc([C@@H]2NC[C@]23CCN(C(=O)OC(C)(C)C)C3)c1. The molecule has 3 rings (SSSR count). The summed E-state index contributed by atoms with van der Waals surface area (Å²) in [4.78, 5) is 14.1. The first-order chi connectivity index (χ1) is 10.3. The van der Waals surface area contributed by atoms with E-state index in [1.54, 1.807) is 0 Å². The summed E-state index contributed by atoms with van der Waals surface area (Å²) in [5.41, 5.74) is 1.08. The number of nitrogens with one attached hydrogen (secondary N) is 1. The molecule has 0 unspecified atom stereocenters. The maximum absolute atomic E-state index is 12.3. The van der Waals surface area contributed by atoms with Crippen molar-refractivity contribution in [1.82, 2.24) is 14.8 Å². The molecule has 22 heavy (non-hydrogen) atoms. The van der Waals surface area contributed by atoms with E-state index in [1.165, 1.54) is 5.56 Å². The van der Waals surface area contributed by atoms with Crippen molar-refractivity contribution in [2.75, 3.05) is 19.6 Å². The maximum atomic E-state index is 12.3. The van der Waals surface area contributed by atoms with Gasteiger partial charge in [-0.2, -0.15) is 0 Å². The third kappa shape index (κ3) is 2.74. The highest BCUT2D eigenvalue weighted by atomic mass is 16.6. The standard InChI is InChI=1S/C17H27N3O2/c1-5-19-8-6-13(10-19)14-17(11-18-14)7-9-20(12-17)15(21)22-16(2,3)4/h6,8,10,14,18H,5,7,9,11-12H2,1-4H3/t14-,17-/m0/s1. The number of hydrogen-bond donors (Lipinski definition) is 1. The van der Waals surface area contributed by atoms with Crippen LogP contribution in [0.15, 0.2) is 18.5 Å². The lowest BCUT2D eigenvalue weighted by molar-refractivity contribution is 0.0216. The molecule has 0 saturated carbocycles. The third-order valence-corrected chi connectivity index (χ3v) is 4.78. The zero-order valence-electron chi connectivity index (χ0n) is 14.1. The summed E-state index contributed by atoms with van der Waals surface area (Å²) in [6.45, 7) is 11.4. The highest BCUT2D eigenvalue weighted by Crippen LogP contribution is 2.48. The minimum atomic E-state index is -0.428. The number of hydrogen-bond acceptors (Lipinski definition) is 3. The molecule has 1 aromatic rings. The predicted molar refractivity (Wildman–Crippen MR) is 85.7 cm³/mol. The van der Waals surface area contributed by atoms with Crippen LogP contribution in [0.25, 0.3) is 0 Å². The van der Waals surface area contributed by atoms with E-state index in [9.17, 15) is 4.79 Å². The molecule has 2 aliphatic rings. The van der Waals surface area contributed by atoms with Gasteiger partial charge in [-0.1, -0.05) is 0 Å². The summed E-state index contributed by atoms with van der Waals surface area (Å²) in [5, 5.41) is 3.55. The number of aryl methyl sites for hydroxylation is 1. The summed E-state index contributed by atoms with van der Waals surface area (Å²) < 4.78 is 7.71. The first-order valence-corrected chi connectivity index (χ1v) is 8.20. The molecular formula is C17H27N3O2. The minimum absolute atomic E-state index is 0.177. The fourth-order valence-corrected chi connectivity index (χ4v) is 3.55. The van der Waals surface area contributed by atoms with Gasteiger partial charge in [-0.25, -0.2) is 4.79 Å². The van der Waals surface area contributed by atoms with Gasteiger partial charge in [0.1, 0.15) is 5.60 Å². The van der Waals surface area contributed by atoms with E-state index in [0.717, 1.165) is 32.6 Å². The van der Waals surface area contributed by atoms with Gasteiger partial charge >= 0.3 is 6.09 Å². The van der Waals surface area contributed by atoms with Crippen LogP contribution in [0.4, 0.5) is 4.79 Å². The van der Waals surface area contributed by atoms with Gasteiger partial charge in [0.25, 0.3) is 0 Å². The van der Waals surface area contributed by atoms with Crippen molar-refractivity contribution >= 4 is 6.09 Å². The Labute approximate surface area is 132 Å². The molecule has 2 fully saturated rings. The molecule has 2 atom stereocenters. The van der Waals surface area contributed by atoms with E-state index in [4.69, 9.17) is 4.74 Å². The number of amides is 1. The average molecular weight is 305 g/mol. The van der Waals surface area contributed by atoms with Gasteiger partial charge in [0.2, 0.25) is 0 Å². The van der Waals surface area contributed by atoms with Crippen molar-refractivity contribution in [3.05, 3.63) is 24.0 Å². The normalized spacial score (nSPS) is 28.0. The summed E-state index contributed by atoms with van der Waals surface area (Å²) in [6, 6.07) is 2.55. The Hall–Kier alpha value is -1.49. The van der Waals surface area contributed by atoms with Crippen LogP contribution in [0.3, 0.4) is 0 Å². The number of rotatable bonds is 2. The molecule has 5 nitrogen and oxygen atoms in total. The number of carbonyl (C=O) groups is 1. The molecule has 0 radical (unpaired) electrons. The molecule has 0 aliphatic carbocycles. The molecule has 3 heterocycles. The molecule has 1 amide bonds. The van der Waals surface area contributed by atoms with Crippen LogP contribution in [-0.4, -0.2) is 40.8 Å². The number of ether oxygens (including phenoxy) is 1. The molecule has 0 aromatic carbocycles. The fraction of sp³-hybridized carbons (Fsp3) is 0.706. The van der Waals surface area contributed by atoms with Crippen molar-refractivity contribution in [1.29, 1.82) is 0 Å². The molecular weight excluding hydrogens is 278 g/mol. The lowest BCUT2D eigenvalue weighted by atomic mass is 9.70. The van der Waals surface area contributed by atoms with Crippen LogP contribution >= 0.6 is 0 Å². The van der Waals surface area contributed by atoms with E-state index < -0.39 is 5.60 Å². The molecule has 5 heteroatoms. The Morgan fingerprint density at radius 2 is 2.27 bits per heavy atom. The van der Waals surface area contributed by atoms with Crippen LogP contribution in [0.2, 0.25) is 0 Å². The average Bonchev–Trinajstić information content (AvgIpc) is 3.03. The Kier molecular flexibility index (Phi) is 3.71. The Bertz CT molecular complexity index is 560. The van der Waals surface area contributed by atoms with Crippen molar-refractivity contribution in [2.45, 2.75) is 52.3 Å². The van der Waals surface area contributed by atoms with Gasteiger partial charge in [-0.05, 0) is 45.7 Å². The molecule has 1 aromatic heterocycles. The molecule has 2 aliphatic heterocycles. The molecule has 1 spiro atoms. The van der Waals surface area contributed by atoms with Crippen LogP contribution in [0, 0.1) is 5.41 Å². The highest BCUT2D eigenvalue weighted by molar-refractivity contribution is 5.68. The van der Waals surface area contributed by atoms with Gasteiger partial charge in [0, 0.05) is 50.0 Å². The van der Waals surface area contributed by atoms with Crippen molar-refractivity contribution in [2.24, 2.45) is 5.41 Å². The topological polar surface area (TPSA) is 46.5 Å². The summed E-state index contributed by atoms with van der Waals surface area (Å²) in [7, 11) is 0. The number of carbonyl (C=O) groups excluding carboxylic acids is 1. The second-order valence-corrected chi connectivity index (χ2v) is 7.60. The van der Waals surface area contributed by atoms with E-state index in [0.29, 0.717) is 6.04 Å². The van der Waals surface area contributed by atoms with Gasteiger partial charge in [0.05, 0.1) is 0 Å². The summed E-state index contributed by atoms with van der Waals surface area (Å²) in [6.07, 6.45) is 5.21. The number of aromatic nitrogens is 1. The molecule has 2 saturated heterocycles. The number of likely N-dealkylation sites (tertiary alicyclic amines) is 1. The second-order valence-electron chi connectivity index (χ2n) is 7.60. The smallest absolute Gasteiger partial charge is 0.410 e. The van der Waals surface area contributed by atoms with Gasteiger partial charge in [-0.3, -0.25) is 0 Å². The molecule has 0 bridgehead atoms. The quantitative estimate of drug-likeness (QED) is 0.914. The van der Waals surface area contributed by atoms with Crippen molar-refractivity contribution < 1.29 is 9.53 Å². The van der Waals surface area contributed by atoms with E-state index in [-0.39, 0.29) is 11.5 Å². The van der Waals surface area contributed by atoms with Crippen LogP contribution in [0.1, 0.15) is 45.7 Å². The lowest BCUT2D eigenvalue weighted by Crippen LogP contribution is -2.57. The van der Waals surface area contributed by atoms with Gasteiger partial charge in [-0.15, -0.1) is 0 Å². The third-order valence-electron chi connectivity index (χ3n) is 4.78.